The summed E-state index contributed by atoms with van der Waals surface area (Å²) < 4.78 is 5.46. The number of amides is 1. The summed E-state index contributed by atoms with van der Waals surface area (Å²) in [5.41, 5.74) is 0. The van der Waals surface area contributed by atoms with Crippen molar-refractivity contribution in [3.05, 3.63) is 34.5 Å². The molecule has 0 aliphatic carbocycles. The zero-order valence-electron chi connectivity index (χ0n) is 10.7. The van der Waals surface area contributed by atoms with Crippen LogP contribution in [0.4, 0.5) is 0 Å². The lowest BCUT2D eigenvalue weighted by molar-refractivity contribution is -0.140. The first-order valence-electron chi connectivity index (χ1n) is 6.27. The summed E-state index contributed by atoms with van der Waals surface area (Å²) in [7, 11) is 0. The van der Waals surface area contributed by atoms with Gasteiger partial charge in [-0.05, 0) is 31.9 Å². The van der Waals surface area contributed by atoms with Crippen molar-refractivity contribution in [1.29, 1.82) is 0 Å². The lowest BCUT2D eigenvalue weighted by atomic mass is 10.2. The highest BCUT2D eigenvalue weighted by molar-refractivity contribution is 7.11. The van der Waals surface area contributed by atoms with Gasteiger partial charge in [-0.2, -0.15) is 0 Å². The SMILES string of the molecule is C=CCN(Cc1ccc(C)s1)C(=O)[C@@H]1CCCO1. The van der Waals surface area contributed by atoms with Gasteiger partial charge >= 0.3 is 0 Å². The molecule has 1 aromatic heterocycles. The maximum absolute atomic E-state index is 12.3. The number of nitrogens with zero attached hydrogens (tertiary/aromatic N) is 1. The van der Waals surface area contributed by atoms with Gasteiger partial charge in [-0.25, -0.2) is 0 Å². The zero-order chi connectivity index (χ0) is 13.0. The van der Waals surface area contributed by atoms with E-state index in [1.54, 1.807) is 17.4 Å². The van der Waals surface area contributed by atoms with E-state index in [2.05, 4.69) is 25.6 Å². The molecule has 0 unspecified atom stereocenters. The molecule has 1 atom stereocenters. The van der Waals surface area contributed by atoms with E-state index in [0.717, 1.165) is 12.8 Å². The summed E-state index contributed by atoms with van der Waals surface area (Å²) in [5.74, 6) is 0.0958. The molecule has 1 aliphatic heterocycles. The Morgan fingerprint density at radius 3 is 3.06 bits per heavy atom. The first-order chi connectivity index (χ1) is 8.70. The molecule has 1 aliphatic rings. The Balaban J connectivity index is 2.02. The number of carbonyl (C=O) groups excluding carboxylic acids is 1. The fourth-order valence-electron chi connectivity index (χ4n) is 2.12. The van der Waals surface area contributed by atoms with Crippen molar-refractivity contribution in [2.45, 2.75) is 32.4 Å². The predicted molar refractivity (Wildman–Crippen MR) is 73.6 cm³/mol. The third-order valence-corrected chi connectivity index (χ3v) is 3.99. The number of carbonyl (C=O) groups is 1. The topological polar surface area (TPSA) is 29.5 Å². The van der Waals surface area contributed by atoms with E-state index in [1.807, 2.05) is 4.90 Å². The van der Waals surface area contributed by atoms with Crippen molar-refractivity contribution in [2.75, 3.05) is 13.2 Å². The van der Waals surface area contributed by atoms with E-state index in [9.17, 15) is 4.79 Å². The van der Waals surface area contributed by atoms with Gasteiger partial charge in [-0.15, -0.1) is 17.9 Å². The molecule has 2 rings (SSSR count). The van der Waals surface area contributed by atoms with Crippen LogP contribution in [0.5, 0.6) is 0 Å². The van der Waals surface area contributed by atoms with Gasteiger partial charge in [0.05, 0.1) is 6.54 Å². The molecule has 1 fully saturated rings. The fourth-order valence-corrected chi connectivity index (χ4v) is 3.03. The fraction of sp³-hybridized carbons (Fsp3) is 0.500. The molecule has 0 spiro atoms. The number of hydrogen-bond donors (Lipinski definition) is 0. The van der Waals surface area contributed by atoms with Gasteiger partial charge in [0.25, 0.3) is 5.91 Å². The number of rotatable bonds is 5. The van der Waals surface area contributed by atoms with Crippen molar-refractivity contribution < 1.29 is 9.53 Å². The quantitative estimate of drug-likeness (QED) is 0.766. The van der Waals surface area contributed by atoms with Crippen molar-refractivity contribution >= 4 is 17.2 Å². The van der Waals surface area contributed by atoms with E-state index < -0.39 is 0 Å². The van der Waals surface area contributed by atoms with Gasteiger partial charge in [-0.3, -0.25) is 4.79 Å². The minimum Gasteiger partial charge on any atom is -0.368 e. The molecule has 4 heteroatoms. The predicted octanol–water partition coefficient (Wildman–Crippen LogP) is 2.75. The largest absolute Gasteiger partial charge is 0.368 e. The van der Waals surface area contributed by atoms with Gasteiger partial charge < -0.3 is 9.64 Å². The molecule has 1 saturated heterocycles. The third kappa shape index (κ3) is 3.21. The second kappa shape index (κ2) is 6.16. The number of ether oxygens (including phenoxy) is 1. The van der Waals surface area contributed by atoms with Crippen LogP contribution < -0.4 is 0 Å². The molecule has 0 saturated carbocycles. The first-order valence-corrected chi connectivity index (χ1v) is 7.09. The molecule has 0 radical (unpaired) electrons. The summed E-state index contributed by atoms with van der Waals surface area (Å²) in [6.07, 6.45) is 3.35. The molecular formula is C14H19NO2S. The molecule has 0 bridgehead atoms. The number of aryl methyl sites for hydroxylation is 1. The smallest absolute Gasteiger partial charge is 0.252 e. The van der Waals surface area contributed by atoms with Gasteiger partial charge in [0.1, 0.15) is 6.10 Å². The van der Waals surface area contributed by atoms with E-state index in [4.69, 9.17) is 4.74 Å². The van der Waals surface area contributed by atoms with Crippen molar-refractivity contribution in [3.63, 3.8) is 0 Å². The Bertz CT molecular complexity index is 421. The Hall–Kier alpha value is -1.13. The second-order valence-corrected chi connectivity index (χ2v) is 5.89. The molecule has 1 aromatic rings. The Morgan fingerprint density at radius 1 is 1.67 bits per heavy atom. The molecule has 0 N–H and O–H groups in total. The van der Waals surface area contributed by atoms with Crippen LogP contribution in [-0.2, 0) is 16.1 Å². The molecule has 18 heavy (non-hydrogen) atoms. The van der Waals surface area contributed by atoms with Crippen LogP contribution in [0.25, 0.3) is 0 Å². The van der Waals surface area contributed by atoms with E-state index in [0.29, 0.717) is 19.7 Å². The highest BCUT2D eigenvalue weighted by Crippen LogP contribution is 2.20. The Morgan fingerprint density at radius 2 is 2.50 bits per heavy atom. The average Bonchev–Trinajstić information content (AvgIpc) is 2.99. The molecule has 1 amide bonds. The summed E-state index contributed by atoms with van der Waals surface area (Å²) in [6, 6.07) is 4.17. The second-order valence-electron chi connectivity index (χ2n) is 4.52. The summed E-state index contributed by atoms with van der Waals surface area (Å²) in [6.45, 7) is 7.74. The summed E-state index contributed by atoms with van der Waals surface area (Å²) >= 11 is 1.73. The maximum atomic E-state index is 12.3. The van der Waals surface area contributed by atoms with Crippen LogP contribution >= 0.6 is 11.3 Å². The molecule has 2 heterocycles. The average molecular weight is 265 g/mol. The zero-order valence-corrected chi connectivity index (χ0v) is 11.5. The van der Waals surface area contributed by atoms with Crippen LogP contribution in [0, 0.1) is 6.92 Å². The van der Waals surface area contributed by atoms with Gasteiger partial charge in [0.15, 0.2) is 0 Å². The minimum absolute atomic E-state index is 0.0958. The molecule has 98 valence electrons. The molecule has 3 nitrogen and oxygen atoms in total. The first kappa shape index (κ1) is 13.3. The van der Waals surface area contributed by atoms with Crippen molar-refractivity contribution in [2.24, 2.45) is 0 Å². The Kier molecular flexibility index (Phi) is 4.55. The van der Waals surface area contributed by atoms with Crippen LogP contribution in [-0.4, -0.2) is 30.1 Å². The summed E-state index contributed by atoms with van der Waals surface area (Å²) in [4.78, 5) is 16.6. The van der Waals surface area contributed by atoms with Crippen LogP contribution in [0.3, 0.4) is 0 Å². The van der Waals surface area contributed by atoms with Crippen LogP contribution in [0.15, 0.2) is 24.8 Å². The maximum Gasteiger partial charge on any atom is 0.252 e. The lowest BCUT2D eigenvalue weighted by Crippen LogP contribution is -2.38. The third-order valence-electron chi connectivity index (χ3n) is 3.01. The van der Waals surface area contributed by atoms with Crippen molar-refractivity contribution in [1.82, 2.24) is 4.90 Å². The highest BCUT2D eigenvalue weighted by Gasteiger charge is 2.27. The molecular weight excluding hydrogens is 246 g/mol. The van der Waals surface area contributed by atoms with Gasteiger partial charge in [0, 0.05) is 22.9 Å². The number of thiophene rings is 1. The lowest BCUT2D eigenvalue weighted by Gasteiger charge is -2.23. The minimum atomic E-state index is -0.244. The Labute approximate surface area is 112 Å². The monoisotopic (exact) mass is 265 g/mol. The van der Waals surface area contributed by atoms with Crippen LogP contribution in [0.1, 0.15) is 22.6 Å². The van der Waals surface area contributed by atoms with E-state index in [-0.39, 0.29) is 12.0 Å². The molecule has 0 aromatic carbocycles. The highest BCUT2D eigenvalue weighted by atomic mass is 32.1. The van der Waals surface area contributed by atoms with Gasteiger partial charge in [0.2, 0.25) is 0 Å². The summed E-state index contributed by atoms with van der Waals surface area (Å²) in [5, 5.41) is 0. The standard InChI is InChI=1S/C14H19NO2S/c1-3-8-15(10-12-7-6-11(2)18-12)14(16)13-5-4-9-17-13/h3,6-7,13H,1,4-5,8-10H2,2H3/t13-/m0/s1. The van der Waals surface area contributed by atoms with Crippen LogP contribution in [0.2, 0.25) is 0 Å². The van der Waals surface area contributed by atoms with E-state index >= 15 is 0 Å². The number of hydrogen-bond acceptors (Lipinski definition) is 3. The van der Waals surface area contributed by atoms with Gasteiger partial charge in [-0.1, -0.05) is 6.08 Å². The van der Waals surface area contributed by atoms with Crippen molar-refractivity contribution in [3.8, 4) is 0 Å². The normalized spacial score (nSPS) is 18.8. The van der Waals surface area contributed by atoms with E-state index in [1.165, 1.54) is 9.75 Å².